The Morgan fingerprint density at radius 2 is 1.20 bits per heavy atom. The number of rotatable bonds is 0. The first-order valence-electron chi connectivity index (χ1n) is 23.3. The van der Waals surface area contributed by atoms with Gasteiger partial charge < -0.3 is 13.6 Å². The summed E-state index contributed by atoms with van der Waals surface area (Å²) in [5.41, 5.74) is 19.4. The van der Waals surface area contributed by atoms with Crippen molar-refractivity contribution in [1.82, 2.24) is 9.38 Å². The summed E-state index contributed by atoms with van der Waals surface area (Å²) >= 11 is 0. The number of para-hydroxylation sites is 2. The fraction of sp³-hybridized carbons (Fsp3) is 0.200. The van der Waals surface area contributed by atoms with Crippen LogP contribution in [0.1, 0.15) is 104 Å². The second-order valence-corrected chi connectivity index (χ2v) is 21.0. The van der Waals surface area contributed by atoms with Crippen LogP contribution in [0.3, 0.4) is 0 Å². The zero-order valence-corrected chi connectivity index (χ0v) is 36.6. The number of fused-ring (bicyclic) bond motifs is 26. The number of hydrogen-bond acceptors (Lipinski definition) is 4. The molecule has 1 fully saturated rings. The van der Waals surface area contributed by atoms with Crippen LogP contribution in [0.5, 0.6) is 11.5 Å². The van der Waals surface area contributed by atoms with E-state index >= 15 is 0 Å². The molecule has 11 aromatic rings. The van der Waals surface area contributed by atoms with E-state index in [1.165, 1.54) is 75.2 Å². The zero-order chi connectivity index (χ0) is 43.1. The standard InChI is InChI=1S/C60H41N3O2/c1-57(2)37-15-7-5-13-32(37)49-51-43(25-31(29-61)53(49)57)63-44-30-62-56-50(33-14-6-8-16-38(33)60(56)39-17-9-11-19-45(39)64-46-20-12-10-18-40(46)60)48(44)36-26-35-34-27-41-42(59(4)23-21-58(41,3)22-24-59)28-47(34)65-55(35)52(51)54(36)63/h5-20,25-28,30H,21-24H2,1-4H3. The molecule has 0 radical (unpaired) electrons. The molecule has 5 heteroatoms. The Morgan fingerprint density at radius 1 is 0.585 bits per heavy atom. The molecular weight excluding hydrogens is 795 g/mol. The molecule has 1 saturated carbocycles. The molecule has 0 atom stereocenters. The van der Waals surface area contributed by atoms with E-state index in [4.69, 9.17) is 14.1 Å². The van der Waals surface area contributed by atoms with Crippen LogP contribution in [0.25, 0.3) is 82.3 Å². The normalized spacial score (nSPS) is 21.2. The van der Waals surface area contributed by atoms with E-state index in [9.17, 15) is 5.26 Å². The van der Waals surface area contributed by atoms with E-state index < -0.39 is 5.41 Å². The second kappa shape index (κ2) is 10.9. The van der Waals surface area contributed by atoms with Gasteiger partial charge in [-0.2, -0.15) is 5.26 Å². The molecule has 0 saturated heterocycles. The van der Waals surface area contributed by atoms with Gasteiger partial charge in [-0.3, -0.25) is 4.98 Å². The lowest BCUT2D eigenvalue weighted by Gasteiger charge is -2.52. The third-order valence-electron chi connectivity index (χ3n) is 17.6. The minimum absolute atomic E-state index is 0.152. The summed E-state index contributed by atoms with van der Waals surface area (Å²) in [7, 11) is 0. The number of ether oxygens (including phenoxy) is 1. The molecule has 0 amide bonds. The van der Waals surface area contributed by atoms with Crippen molar-refractivity contribution in [3.63, 3.8) is 0 Å². The van der Waals surface area contributed by atoms with Crippen LogP contribution in [-0.2, 0) is 21.7 Å². The van der Waals surface area contributed by atoms with Gasteiger partial charge in [0.2, 0.25) is 0 Å². The molecular formula is C60H41N3O2. The first-order valence-corrected chi connectivity index (χ1v) is 23.3. The van der Waals surface area contributed by atoms with Gasteiger partial charge in [0, 0.05) is 49.0 Å². The lowest BCUT2D eigenvalue weighted by Crippen LogP contribution is -2.44. The summed E-state index contributed by atoms with van der Waals surface area (Å²) in [6.07, 6.45) is 6.98. The largest absolute Gasteiger partial charge is 0.457 e. The fourth-order valence-corrected chi connectivity index (χ4v) is 14.5. The number of hydrogen-bond donors (Lipinski definition) is 0. The second-order valence-electron chi connectivity index (χ2n) is 21.0. The summed E-state index contributed by atoms with van der Waals surface area (Å²) in [5, 5.41) is 18.1. The lowest BCUT2D eigenvalue weighted by molar-refractivity contribution is 0.188. The summed E-state index contributed by atoms with van der Waals surface area (Å²) < 4.78 is 16.5. The highest BCUT2D eigenvalue weighted by Crippen LogP contribution is 2.65. The Hall–Kier alpha value is -7.42. The van der Waals surface area contributed by atoms with E-state index in [2.05, 4.69) is 166 Å². The third-order valence-corrected chi connectivity index (χ3v) is 17.6. The SMILES string of the molecule is CC12CCC(C)(CC1)c1cc3c(cc12)oc1c3cc2c3c4c(ncc3n3c5cc(C#N)c6c(c5c1c23)-c1ccccc1C6(C)C)C1(c2ccccc2Oc2ccccc21)c1ccccc1-4. The van der Waals surface area contributed by atoms with Crippen LogP contribution in [0.4, 0.5) is 0 Å². The molecule has 65 heavy (non-hydrogen) atoms. The van der Waals surface area contributed by atoms with Crippen molar-refractivity contribution in [3.8, 4) is 39.8 Å². The predicted octanol–water partition coefficient (Wildman–Crippen LogP) is 14.9. The molecule has 308 valence electrons. The Kier molecular flexibility index (Phi) is 5.87. The monoisotopic (exact) mass is 835 g/mol. The fourth-order valence-electron chi connectivity index (χ4n) is 14.5. The predicted molar refractivity (Wildman–Crippen MR) is 259 cm³/mol. The van der Waals surface area contributed by atoms with Gasteiger partial charge in [-0.15, -0.1) is 0 Å². The highest BCUT2D eigenvalue weighted by molar-refractivity contribution is 6.36. The number of nitriles is 1. The molecule has 1 spiro atoms. The van der Waals surface area contributed by atoms with Crippen LogP contribution >= 0.6 is 0 Å². The van der Waals surface area contributed by atoms with E-state index in [-0.39, 0.29) is 16.2 Å². The minimum Gasteiger partial charge on any atom is -0.457 e. The van der Waals surface area contributed by atoms with Crippen LogP contribution < -0.4 is 4.74 Å². The smallest absolute Gasteiger partial charge is 0.145 e. The Balaban J connectivity index is 1.15. The van der Waals surface area contributed by atoms with E-state index in [0.29, 0.717) is 5.56 Å². The van der Waals surface area contributed by atoms with Crippen molar-refractivity contribution in [2.45, 2.75) is 75.0 Å². The molecule has 5 aliphatic carbocycles. The quantitative estimate of drug-likeness (QED) is 0.153. The van der Waals surface area contributed by atoms with E-state index in [0.717, 1.165) is 88.9 Å². The van der Waals surface area contributed by atoms with Gasteiger partial charge in [-0.25, -0.2) is 0 Å². The summed E-state index contributed by atoms with van der Waals surface area (Å²) in [5.74, 6) is 1.70. The van der Waals surface area contributed by atoms with E-state index in [1.807, 2.05) is 0 Å². The number of nitrogens with zero attached hydrogens (tertiary/aromatic N) is 3. The van der Waals surface area contributed by atoms with Crippen molar-refractivity contribution in [3.05, 3.63) is 178 Å². The molecule has 6 aliphatic rings. The summed E-state index contributed by atoms with van der Waals surface area (Å²) in [6.45, 7) is 9.52. The first-order chi connectivity index (χ1) is 31.7. The number of benzene rings is 7. The van der Waals surface area contributed by atoms with Crippen LogP contribution in [0, 0.1) is 11.3 Å². The summed E-state index contributed by atoms with van der Waals surface area (Å²) in [6, 6.07) is 47.0. The number of pyridine rings is 1. The topological polar surface area (TPSA) is 63.5 Å². The van der Waals surface area contributed by atoms with Crippen LogP contribution in [0.15, 0.2) is 132 Å². The molecule has 5 nitrogen and oxygen atoms in total. The van der Waals surface area contributed by atoms with Gasteiger partial charge in [0.05, 0.1) is 50.9 Å². The van der Waals surface area contributed by atoms with Crippen LogP contribution in [-0.4, -0.2) is 9.38 Å². The molecule has 5 heterocycles. The van der Waals surface area contributed by atoms with Crippen molar-refractivity contribution < 1.29 is 9.15 Å². The van der Waals surface area contributed by atoms with Crippen molar-refractivity contribution >= 4 is 60.0 Å². The van der Waals surface area contributed by atoms with Gasteiger partial charge >= 0.3 is 0 Å². The van der Waals surface area contributed by atoms with Gasteiger partial charge in [-0.05, 0) is 117 Å². The highest BCUT2D eigenvalue weighted by atomic mass is 16.5. The highest BCUT2D eigenvalue weighted by Gasteiger charge is 2.54. The van der Waals surface area contributed by atoms with Crippen molar-refractivity contribution in [2.24, 2.45) is 0 Å². The van der Waals surface area contributed by atoms with Crippen LogP contribution in [0.2, 0.25) is 0 Å². The Bertz CT molecular complexity index is 4080. The molecule has 7 aromatic carbocycles. The third kappa shape index (κ3) is 3.69. The lowest BCUT2D eigenvalue weighted by atomic mass is 9.52. The average molecular weight is 836 g/mol. The number of furan rings is 1. The zero-order valence-electron chi connectivity index (χ0n) is 36.6. The van der Waals surface area contributed by atoms with E-state index in [1.54, 1.807) is 0 Å². The maximum atomic E-state index is 11.1. The van der Waals surface area contributed by atoms with Gasteiger partial charge in [0.1, 0.15) is 22.7 Å². The maximum absolute atomic E-state index is 11.1. The molecule has 1 aliphatic heterocycles. The maximum Gasteiger partial charge on any atom is 0.145 e. The van der Waals surface area contributed by atoms with Crippen molar-refractivity contribution in [2.75, 3.05) is 0 Å². The molecule has 0 unspecified atom stereocenters. The molecule has 2 bridgehead atoms. The molecule has 4 aromatic heterocycles. The Morgan fingerprint density at radius 3 is 1.89 bits per heavy atom. The van der Waals surface area contributed by atoms with Gasteiger partial charge in [-0.1, -0.05) is 113 Å². The first kappa shape index (κ1) is 35.0. The summed E-state index contributed by atoms with van der Waals surface area (Å²) in [4.78, 5) is 5.68. The average Bonchev–Trinajstić information content (AvgIpc) is 4.10. The van der Waals surface area contributed by atoms with Gasteiger partial charge in [0.25, 0.3) is 0 Å². The minimum atomic E-state index is -0.703. The molecule has 17 rings (SSSR count). The van der Waals surface area contributed by atoms with Gasteiger partial charge in [0.15, 0.2) is 0 Å². The Labute approximate surface area is 374 Å². The van der Waals surface area contributed by atoms with Crippen molar-refractivity contribution in [1.29, 1.82) is 5.26 Å². The molecule has 0 N–H and O–H groups in total. The number of aromatic nitrogens is 2.